The van der Waals surface area contributed by atoms with Crippen molar-refractivity contribution in [1.82, 2.24) is 14.2 Å². The molecule has 0 aliphatic carbocycles. The lowest BCUT2D eigenvalue weighted by atomic mass is 9.72. The number of nitrogens with zero attached hydrogens (tertiary/aromatic N) is 3. The van der Waals surface area contributed by atoms with Gasteiger partial charge in [0.15, 0.2) is 0 Å². The minimum absolute atomic E-state index is 0.0701. The SMILES string of the molecule is CCS(=O)(=O)N1CCC2(CCC(=O)N(Cc3ccncc3)C2)CC1. The Balaban J connectivity index is 1.66. The monoisotopic (exact) mass is 351 g/mol. The molecule has 1 aromatic rings. The van der Waals surface area contributed by atoms with E-state index >= 15 is 0 Å². The first-order valence-corrected chi connectivity index (χ1v) is 10.2. The average Bonchev–Trinajstić information content (AvgIpc) is 2.60. The molecule has 2 saturated heterocycles. The van der Waals surface area contributed by atoms with E-state index in [-0.39, 0.29) is 17.1 Å². The van der Waals surface area contributed by atoms with Crippen molar-refractivity contribution in [3.63, 3.8) is 0 Å². The predicted molar refractivity (Wildman–Crippen MR) is 91.6 cm³/mol. The topological polar surface area (TPSA) is 70.6 Å². The van der Waals surface area contributed by atoms with Crippen molar-refractivity contribution in [3.05, 3.63) is 30.1 Å². The summed E-state index contributed by atoms with van der Waals surface area (Å²) in [4.78, 5) is 18.2. The van der Waals surface area contributed by atoms with Crippen LogP contribution < -0.4 is 0 Å². The van der Waals surface area contributed by atoms with Crippen molar-refractivity contribution >= 4 is 15.9 Å². The van der Waals surface area contributed by atoms with Crippen LogP contribution in [-0.2, 0) is 21.4 Å². The van der Waals surface area contributed by atoms with Crippen LogP contribution in [0.4, 0.5) is 0 Å². The quantitative estimate of drug-likeness (QED) is 0.827. The molecule has 6 nitrogen and oxygen atoms in total. The minimum Gasteiger partial charge on any atom is -0.338 e. The predicted octanol–water partition coefficient (Wildman–Crippen LogP) is 1.64. The summed E-state index contributed by atoms with van der Waals surface area (Å²) in [5.74, 6) is 0.355. The zero-order valence-corrected chi connectivity index (χ0v) is 15.0. The molecule has 0 unspecified atom stereocenters. The van der Waals surface area contributed by atoms with E-state index in [9.17, 15) is 13.2 Å². The van der Waals surface area contributed by atoms with E-state index in [4.69, 9.17) is 0 Å². The molecule has 3 rings (SSSR count). The lowest BCUT2D eigenvalue weighted by Crippen LogP contribution is -2.52. The van der Waals surface area contributed by atoms with Gasteiger partial charge in [0.25, 0.3) is 0 Å². The van der Waals surface area contributed by atoms with E-state index in [0.29, 0.717) is 26.1 Å². The minimum atomic E-state index is -3.10. The van der Waals surface area contributed by atoms with Crippen LogP contribution >= 0.6 is 0 Å². The lowest BCUT2D eigenvalue weighted by molar-refractivity contribution is -0.139. The van der Waals surface area contributed by atoms with Gasteiger partial charge < -0.3 is 4.90 Å². The van der Waals surface area contributed by atoms with Gasteiger partial charge in [-0.05, 0) is 49.3 Å². The fourth-order valence-electron chi connectivity index (χ4n) is 3.78. The second-order valence-electron chi connectivity index (χ2n) is 6.90. The van der Waals surface area contributed by atoms with Crippen LogP contribution in [0.3, 0.4) is 0 Å². The molecule has 0 aromatic carbocycles. The first-order chi connectivity index (χ1) is 11.4. The van der Waals surface area contributed by atoms with Crippen LogP contribution in [0, 0.1) is 5.41 Å². The van der Waals surface area contributed by atoms with Gasteiger partial charge in [-0.2, -0.15) is 0 Å². The third-order valence-electron chi connectivity index (χ3n) is 5.41. The number of pyridine rings is 1. The number of piperidine rings is 2. The van der Waals surface area contributed by atoms with E-state index in [2.05, 4.69) is 4.98 Å². The van der Waals surface area contributed by atoms with Crippen LogP contribution in [0.15, 0.2) is 24.5 Å². The van der Waals surface area contributed by atoms with Crippen LogP contribution in [-0.4, -0.2) is 53.9 Å². The number of carbonyl (C=O) groups excluding carboxylic acids is 1. The van der Waals surface area contributed by atoms with Crippen LogP contribution in [0.2, 0.25) is 0 Å². The fraction of sp³-hybridized carbons (Fsp3) is 0.647. The van der Waals surface area contributed by atoms with E-state index in [1.807, 2.05) is 17.0 Å². The van der Waals surface area contributed by atoms with Gasteiger partial charge in [-0.25, -0.2) is 12.7 Å². The summed E-state index contributed by atoms with van der Waals surface area (Å²) in [5.41, 5.74) is 1.15. The molecular formula is C17H25N3O3S. The van der Waals surface area contributed by atoms with Crippen LogP contribution in [0.25, 0.3) is 0 Å². The second-order valence-corrected chi connectivity index (χ2v) is 9.16. The standard InChI is InChI=1S/C17H25N3O3S/c1-2-24(22,23)20-11-7-17(8-12-20)6-3-16(21)19(14-17)13-15-4-9-18-10-5-15/h4-5,9-10H,2-3,6-8,11-14H2,1H3. The molecule has 2 aliphatic rings. The third kappa shape index (κ3) is 3.62. The molecular weight excluding hydrogens is 326 g/mol. The van der Waals surface area contributed by atoms with E-state index in [1.165, 1.54) is 0 Å². The second kappa shape index (κ2) is 6.80. The maximum absolute atomic E-state index is 12.3. The summed E-state index contributed by atoms with van der Waals surface area (Å²) in [5, 5.41) is 0. The first-order valence-electron chi connectivity index (χ1n) is 8.59. The summed E-state index contributed by atoms with van der Waals surface area (Å²) in [7, 11) is -3.10. The lowest BCUT2D eigenvalue weighted by Gasteiger charge is -2.47. The molecule has 0 radical (unpaired) electrons. The molecule has 0 N–H and O–H groups in total. The van der Waals surface area contributed by atoms with Gasteiger partial charge in [-0.15, -0.1) is 0 Å². The highest BCUT2D eigenvalue weighted by atomic mass is 32.2. The molecule has 7 heteroatoms. The Bertz CT molecular complexity index is 682. The Labute approximate surface area is 143 Å². The molecule has 0 atom stereocenters. The Hall–Kier alpha value is -1.47. The van der Waals surface area contributed by atoms with Crippen molar-refractivity contribution < 1.29 is 13.2 Å². The molecule has 0 bridgehead atoms. The number of hydrogen-bond donors (Lipinski definition) is 0. The van der Waals surface area contributed by atoms with Gasteiger partial charge in [0.2, 0.25) is 15.9 Å². The Kier molecular flexibility index (Phi) is 4.92. The molecule has 2 aliphatic heterocycles. The van der Waals surface area contributed by atoms with E-state index in [0.717, 1.165) is 31.4 Å². The first kappa shape index (κ1) is 17.4. The largest absolute Gasteiger partial charge is 0.338 e. The molecule has 0 saturated carbocycles. The maximum atomic E-state index is 12.3. The smallest absolute Gasteiger partial charge is 0.222 e. The average molecular weight is 351 g/mol. The number of likely N-dealkylation sites (tertiary alicyclic amines) is 1. The van der Waals surface area contributed by atoms with Crippen molar-refractivity contribution in [3.8, 4) is 0 Å². The Morgan fingerprint density at radius 1 is 1.17 bits per heavy atom. The highest BCUT2D eigenvalue weighted by molar-refractivity contribution is 7.89. The van der Waals surface area contributed by atoms with Crippen LogP contribution in [0.1, 0.15) is 38.2 Å². The summed E-state index contributed by atoms with van der Waals surface area (Å²) >= 11 is 0. The van der Waals surface area contributed by atoms with E-state index in [1.54, 1.807) is 23.6 Å². The Morgan fingerprint density at radius 3 is 2.46 bits per heavy atom. The molecule has 132 valence electrons. The molecule has 1 spiro atoms. The molecule has 1 amide bonds. The number of sulfonamides is 1. The zero-order chi connectivity index (χ0) is 17.2. The Morgan fingerprint density at radius 2 is 1.83 bits per heavy atom. The summed E-state index contributed by atoms with van der Waals surface area (Å²) < 4.78 is 25.7. The van der Waals surface area contributed by atoms with Gasteiger partial charge in [0.1, 0.15) is 0 Å². The van der Waals surface area contributed by atoms with Gasteiger partial charge in [-0.1, -0.05) is 0 Å². The number of hydrogen-bond acceptors (Lipinski definition) is 4. The summed E-state index contributed by atoms with van der Waals surface area (Å²) in [6.07, 6.45) is 6.60. The van der Waals surface area contributed by atoms with Gasteiger partial charge in [-0.3, -0.25) is 9.78 Å². The van der Waals surface area contributed by atoms with Crippen molar-refractivity contribution in [2.24, 2.45) is 5.41 Å². The molecule has 1 aromatic heterocycles. The molecule has 24 heavy (non-hydrogen) atoms. The number of rotatable bonds is 4. The number of carbonyl (C=O) groups is 1. The summed E-state index contributed by atoms with van der Waals surface area (Å²) in [6.45, 7) is 4.19. The number of aromatic nitrogens is 1. The normalized spacial score (nSPS) is 22.0. The van der Waals surface area contributed by atoms with E-state index < -0.39 is 10.0 Å². The van der Waals surface area contributed by atoms with Gasteiger partial charge >= 0.3 is 0 Å². The van der Waals surface area contributed by atoms with Crippen molar-refractivity contribution in [2.45, 2.75) is 39.2 Å². The maximum Gasteiger partial charge on any atom is 0.222 e. The summed E-state index contributed by atoms with van der Waals surface area (Å²) in [6, 6.07) is 3.87. The van der Waals surface area contributed by atoms with Crippen LogP contribution in [0.5, 0.6) is 0 Å². The highest BCUT2D eigenvalue weighted by Gasteiger charge is 2.42. The highest BCUT2D eigenvalue weighted by Crippen LogP contribution is 2.41. The number of amides is 1. The third-order valence-corrected chi connectivity index (χ3v) is 7.29. The van der Waals surface area contributed by atoms with Gasteiger partial charge in [0.05, 0.1) is 5.75 Å². The van der Waals surface area contributed by atoms with Gasteiger partial charge in [0, 0.05) is 45.0 Å². The molecule has 2 fully saturated rings. The van der Waals surface area contributed by atoms with Crippen molar-refractivity contribution in [2.75, 3.05) is 25.4 Å². The van der Waals surface area contributed by atoms with Crippen molar-refractivity contribution in [1.29, 1.82) is 0 Å². The zero-order valence-electron chi connectivity index (χ0n) is 14.1. The fourth-order valence-corrected chi connectivity index (χ4v) is 4.89. The molecule has 3 heterocycles.